The Morgan fingerprint density at radius 3 is 2.36 bits per heavy atom. The monoisotopic (exact) mass is 387 g/mol. The molecule has 2 heteroatoms. The second-order valence-corrected chi connectivity index (χ2v) is 14.0. The SMILES string of the molecule is CC(C)=C[Si](C)(C)[CH2][Pt][CH]1C=CC=C1. The van der Waals surface area contributed by atoms with Gasteiger partial charge in [0, 0.05) is 0 Å². The van der Waals surface area contributed by atoms with Crippen molar-refractivity contribution >= 4 is 8.07 Å². The van der Waals surface area contributed by atoms with E-state index >= 15 is 0 Å². The molecule has 0 aromatic heterocycles. The van der Waals surface area contributed by atoms with E-state index in [2.05, 4.69) is 56.9 Å². The van der Waals surface area contributed by atoms with E-state index in [-0.39, 0.29) is 0 Å². The third-order valence-corrected chi connectivity index (χ3v) is 13.5. The van der Waals surface area contributed by atoms with Crippen LogP contribution in [0.2, 0.25) is 21.8 Å². The van der Waals surface area contributed by atoms with Crippen LogP contribution in [0.15, 0.2) is 35.6 Å². The summed E-state index contributed by atoms with van der Waals surface area (Å²) in [6.07, 6.45) is 9.11. The predicted molar refractivity (Wildman–Crippen MR) is 63.8 cm³/mol. The van der Waals surface area contributed by atoms with Crippen molar-refractivity contribution in [2.24, 2.45) is 0 Å². The molecule has 0 heterocycles. The molecule has 1 rings (SSSR count). The molecule has 0 saturated heterocycles. The van der Waals surface area contributed by atoms with Crippen LogP contribution in [0.5, 0.6) is 0 Å². The van der Waals surface area contributed by atoms with E-state index in [9.17, 15) is 0 Å². The third kappa shape index (κ3) is 4.57. The number of hydrogen-bond acceptors (Lipinski definition) is 0. The van der Waals surface area contributed by atoms with Gasteiger partial charge in [0.05, 0.1) is 0 Å². The Kier molecular flexibility index (Phi) is 4.60. The van der Waals surface area contributed by atoms with Gasteiger partial charge in [0.2, 0.25) is 0 Å². The Bertz CT molecular complexity index is 258. The molecule has 0 atom stereocenters. The first-order valence-corrected chi connectivity index (χ1v) is 11.2. The average molecular weight is 387 g/mol. The van der Waals surface area contributed by atoms with Crippen LogP contribution in [0.4, 0.5) is 0 Å². The summed E-state index contributed by atoms with van der Waals surface area (Å²) in [5, 5.41) is 0. The van der Waals surface area contributed by atoms with E-state index in [1.165, 1.54) is 10.0 Å². The van der Waals surface area contributed by atoms with E-state index in [1.807, 2.05) is 0 Å². The zero-order chi connectivity index (χ0) is 10.6. The molecule has 0 spiro atoms. The molecule has 0 bridgehead atoms. The van der Waals surface area contributed by atoms with Crippen molar-refractivity contribution in [3.63, 3.8) is 0 Å². The average Bonchev–Trinajstić information content (AvgIpc) is 2.50. The fraction of sp³-hybridized carbons (Fsp3) is 0.500. The minimum atomic E-state index is -1.01. The van der Waals surface area contributed by atoms with Crippen LogP contribution in [0.25, 0.3) is 0 Å². The van der Waals surface area contributed by atoms with Gasteiger partial charge < -0.3 is 0 Å². The zero-order valence-corrected chi connectivity index (χ0v) is 12.8. The first-order valence-electron chi connectivity index (χ1n) is 5.00. The molecule has 1 aliphatic carbocycles. The van der Waals surface area contributed by atoms with Gasteiger partial charge in [0.15, 0.2) is 0 Å². The quantitative estimate of drug-likeness (QED) is 0.636. The Hall–Kier alpha value is 0.125. The van der Waals surface area contributed by atoms with Crippen LogP contribution in [0.3, 0.4) is 0 Å². The normalized spacial score (nSPS) is 16.6. The molecular formula is C12H20PtSi. The molecule has 82 valence electrons. The summed E-state index contributed by atoms with van der Waals surface area (Å²) in [5.41, 5.74) is 4.05. The summed E-state index contributed by atoms with van der Waals surface area (Å²) in [5.74, 6) is 0. The first kappa shape index (κ1) is 12.2. The molecule has 0 amide bonds. The van der Waals surface area contributed by atoms with Crippen molar-refractivity contribution in [2.45, 2.75) is 35.7 Å². The topological polar surface area (TPSA) is 0 Å². The molecule has 0 N–H and O–H groups in total. The van der Waals surface area contributed by atoms with Crippen LogP contribution in [0.1, 0.15) is 13.8 Å². The molecule has 0 aromatic carbocycles. The van der Waals surface area contributed by atoms with Crippen molar-refractivity contribution in [2.75, 3.05) is 0 Å². The van der Waals surface area contributed by atoms with Gasteiger partial charge in [0.25, 0.3) is 0 Å². The van der Waals surface area contributed by atoms with E-state index in [1.54, 1.807) is 0 Å². The van der Waals surface area contributed by atoms with Crippen molar-refractivity contribution in [1.82, 2.24) is 0 Å². The van der Waals surface area contributed by atoms with Crippen LogP contribution >= 0.6 is 0 Å². The van der Waals surface area contributed by atoms with Crippen molar-refractivity contribution in [3.8, 4) is 0 Å². The molecule has 0 radical (unpaired) electrons. The van der Waals surface area contributed by atoms with Crippen LogP contribution in [0, 0.1) is 0 Å². The fourth-order valence-electron chi connectivity index (χ4n) is 1.53. The van der Waals surface area contributed by atoms with Crippen LogP contribution in [-0.4, -0.2) is 8.07 Å². The number of allylic oxidation sites excluding steroid dienone is 5. The minimum absolute atomic E-state index is 0.333. The molecule has 14 heavy (non-hydrogen) atoms. The maximum atomic E-state index is 2.55. The summed E-state index contributed by atoms with van der Waals surface area (Å²) >= 11 is 0.333. The van der Waals surface area contributed by atoms with E-state index in [4.69, 9.17) is 0 Å². The fourth-order valence-corrected chi connectivity index (χ4v) is 10.7. The zero-order valence-electron chi connectivity index (χ0n) is 9.49. The molecule has 1 aliphatic rings. The van der Waals surface area contributed by atoms with Gasteiger partial charge in [-0.2, -0.15) is 0 Å². The molecule has 0 saturated carbocycles. The number of rotatable bonds is 4. The van der Waals surface area contributed by atoms with Gasteiger partial charge in [-0.15, -0.1) is 0 Å². The van der Waals surface area contributed by atoms with Crippen molar-refractivity contribution in [1.29, 1.82) is 0 Å². The standard InChI is InChI=1S/C7H15Si.C5H5.Pt/c1-7(2)6-8(3,4)5;1-2-4-5-3-1;/h6H,3H2,1-2,4-5H3;1-5H;. The number of hydrogen-bond donors (Lipinski definition) is 0. The Balaban J connectivity index is 2.39. The van der Waals surface area contributed by atoms with Gasteiger partial charge in [0.1, 0.15) is 0 Å². The molecule has 0 nitrogen and oxygen atoms in total. The van der Waals surface area contributed by atoms with Crippen molar-refractivity contribution in [3.05, 3.63) is 35.6 Å². The molecule has 0 fully saturated rings. The van der Waals surface area contributed by atoms with Gasteiger partial charge in [-0.1, -0.05) is 0 Å². The van der Waals surface area contributed by atoms with E-state index in [0.29, 0.717) is 18.6 Å². The Labute approximate surface area is 97.7 Å². The van der Waals surface area contributed by atoms with E-state index in [0.717, 1.165) is 4.31 Å². The van der Waals surface area contributed by atoms with Gasteiger partial charge in [-0.25, -0.2) is 0 Å². The van der Waals surface area contributed by atoms with E-state index < -0.39 is 8.07 Å². The summed E-state index contributed by atoms with van der Waals surface area (Å²) < 4.78 is 2.34. The summed E-state index contributed by atoms with van der Waals surface area (Å²) in [4.78, 5) is 0. The summed E-state index contributed by atoms with van der Waals surface area (Å²) in [6.45, 7) is 9.43. The summed E-state index contributed by atoms with van der Waals surface area (Å²) in [7, 11) is -1.01. The Morgan fingerprint density at radius 2 is 1.86 bits per heavy atom. The maximum absolute atomic E-state index is 2.55. The Morgan fingerprint density at radius 1 is 1.29 bits per heavy atom. The molecule has 0 unspecified atom stereocenters. The van der Waals surface area contributed by atoms with Gasteiger partial charge in [-0.3, -0.25) is 0 Å². The molecular weight excluding hydrogens is 367 g/mol. The predicted octanol–water partition coefficient (Wildman–Crippen LogP) is 4.15. The van der Waals surface area contributed by atoms with Crippen LogP contribution in [-0.2, 0) is 18.6 Å². The molecule has 0 aliphatic heterocycles. The summed E-state index contributed by atoms with van der Waals surface area (Å²) in [6, 6.07) is 0. The molecule has 0 aromatic rings. The van der Waals surface area contributed by atoms with Gasteiger partial charge in [-0.05, 0) is 0 Å². The second-order valence-electron chi connectivity index (χ2n) is 4.62. The first-order chi connectivity index (χ1) is 6.49. The second kappa shape index (κ2) is 5.28. The van der Waals surface area contributed by atoms with Crippen molar-refractivity contribution < 1.29 is 18.6 Å². The van der Waals surface area contributed by atoms with Crippen LogP contribution < -0.4 is 0 Å². The van der Waals surface area contributed by atoms with Gasteiger partial charge >= 0.3 is 97.9 Å². The third-order valence-electron chi connectivity index (χ3n) is 1.86.